The first-order valence-corrected chi connectivity index (χ1v) is 5.67. The highest BCUT2D eigenvalue weighted by atomic mass is 16.2. The molecule has 1 aliphatic heterocycles. The fourth-order valence-corrected chi connectivity index (χ4v) is 2.55. The Labute approximate surface area is 80.3 Å². The van der Waals surface area contributed by atoms with Crippen molar-refractivity contribution in [1.29, 1.82) is 0 Å². The summed E-state index contributed by atoms with van der Waals surface area (Å²) < 4.78 is 0. The van der Waals surface area contributed by atoms with Gasteiger partial charge in [0.25, 0.3) is 0 Å². The van der Waals surface area contributed by atoms with Crippen LogP contribution in [-0.2, 0) is 4.79 Å². The standard InChI is InChI=1S/C11H19NO/c13-11(10-6-2-3-7-10)12-8-4-1-5-9-12/h10H,1-9H2. The van der Waals surface area contributed by atoms with Crippen molar-refractivity contribution in [1.82, 2.24) is 4.90 Å². The monoisotopic (exact) mass is 181 g/mol. The van der Waals surface area contributed by atoms with Crippen molar-refractivity contribution in [3.63, 3.8) is 0 Å². The molecular formula is C11H19NO. The first-order valence-electron chi connectivity index (χ1n) is 5.67. The van der Waals surface area contributed by atoms with E-state index in [1.54, 1.807) is 0 Å². The number of hydrogen-bond donors (Lipinski definition) is 0. The molecule has 0 unspecified atom stereocenters. The summed E-state index contributed by atoms with van der Waals surface area (Å²) in [6, 6.07) is 0. The molecule has 2 aliphatic rings. The summed E-state index contributed by atoms with van der Waals surface area (Å²) in [5.74, 6) is 0.843. The van der Waals surface area contributed by atoms with E-state index in [0.717, 1.165) is 25.9 Å². The van der Waals surface area contributed by atoms with Crippen molar-refractivity contribution in [3.05, 3.63) is 0 Å². The van der Waals surface area contributed by atoms with Crippen LogP contribution in [0.3, 0.4) is 0 Å². The number of hydrogen-bond acceptors (Lipinski definition) is 1. The van der Waals surface area contributed by atoms with E-state index in [1.165, 1.54) is 32.1 Å². The lowest BCUT2D eigenvalue weighted by Crippen LogP contribution is -2.38. The number of carbonyl (C=O) groups excluding carboxylic acids is 1. The Balaban J connectivity index is 1.87. The first-order chi connectivity index (χ1) is 6.38. The molecule has 0 spiro atoms. The normalized spacial score (nSPS) is 25.1. The highest BCUT2D eigenvalue weighted by Gasteiger charge is 2.27. The predicted molar refractivity (Wildman–Crippen MR) is 52.4 cm³/mol. The van der Waals surface area contributed by atoms with E-state index >= 15 is 0 Å². The van der Waals surface area contributed by atoms with Crippen LogP contribution in [-0.4, -0.2) is 23.9 Å². The Morgan fingerprint density at radius 2 is 1.54 bits per heavy atom. The van der Waals surface area contributed by atoms with Crippen molar-refractivity contribution >= 4 is 5.91 Å². The molecule has 0 radical (unpaired) electrons. The number of likely N-dealkylation sites (tertiary alicyclic amines) is 1. The van der Waals surface area contributed by atoms with Crippen LogP contribution in [0.2, 0.25) is 0 Å². The van der Waals surface area contributed by atoms with Crippen molar-refractivity contribution in [2.75, 3.05) is 13.1 Å². The van der Waals surface area contributed by atoms with Gasteiger partial charge in [0.05, 0.1) is 0 Å². The lowest BCUT2D eigenvalue weighted by Gasteiger charge is -2.29. The van der Waals surface area contributed by atoms with Gasteiger partial charge < -0.3 is 4.90 Å². The van der Waals surface area contributed by atoms with Crippen LogP contribution < -0.4 is 0 Å². The van der Waals surface area contributed by atoms with Crippen LogP contribution in [0.15, 0.2) is 0 Å². The molecular weight excluding hydrogens is 162 g/mol. The van der Waals surface area contributed by atoms with Gasteiger partial charge in [-0.1, -0.05) is 12.8 Å². The minimum atomic E-state index is 0.387. The van der Waals surface area contributed by atoms with E-state index in [-0.39, 0.29) is 0 Å². The smallest absolute Gasteiger partial charge is 0.225 e. The molecule has 1 heterocycles. The molecule has 13 heavy (non-hydrogen) atoms. The van der Waals surface area contributed by atoms with Gasteiger partial charge in [-0.15, -0.1) is 0 Å². The molecule has 74 valence electrons. The summed E-state index contributed by atoms with van der Waals surface area (Å²) in [6.45, 7) is 2.05. The van der Waals surface area contributed by atoms with Gasteiger partial charge in [0.15, 0.2) is 0 Å². The summed E-state index contributed by atoms with van der Waals surface area (Å²) in [5.41, 5.74) is 0. The Kier molecular flexibility index (Phi) is 2.87. The van der Waals surface area contributed by atoms with Crippen molar-refractivity contribution in [3.8, 4) is 0 Å². The summed E-state index contributed by atoms with van der Waals surface area (Å²) in [7, 11) is 0. The highest BCUT2D eigenvalue weighted by Crippen LogP contribution is 2.27. The molecule has 0 aromatic rings. The molecule has 0 bridgehead atoms. The van der Waals surface area contributed by atoms with Gasteiger partial charge in [-0.05, 0) is 32.1 Å². The topological polar surface area (TPSA) is 20.3 Å². The second kappa shape index (κ2) is 4.12. The van der Waals surface area contributed by atoms with E-state index in [1.807, 2.05) is 0 Å². The molecule has 1 amide bonds. The zero-order chi connectivity index (χ0) is 9.10. The molecule has 2 heteroatoms. The van der Waals surface area contributed by atoms with Crippen LogP contribution in [0.4, 0.5) is 0 Å². The molecule has 2 rings (SSSR count). The number of carbonyl (C=O) groups is 1. The fraction of sp³-hybridized carbons (Fsp3) is 0.909. The number of nitrogens with zero attached hydrogens (tertiary/aromatic N) is 1. The quantitative estimate of drug-likeness (QED) is 0.607. The van der Waals surface area contributed by atoms with Gasteiger partial charge >= 0.3 is 0 Å². The zero-order valence-electron chi connectivity index (χ0n) is 8.30. The van der Waals surface area contributed by atoms with E-state index in [2.05, 4.69) is 4.90 Å². The van der Waals surface area contributed by atoms with Crippen molar-refractivity contribution in [2.24, 2.45) is 5.92 Å². The zero-order valence-corrected chi connectivity index (χ0v) is 8.30. The lowest BCUT2D eigenvalue weighted by molar-refractivity contribution is -0.136. The average Bonchev–Trinajstić information content (AvgIpc) is 2.71. The Hall–Kier alpha value is -0.530. The minimum absolute atomic E-state index is 0.387. The molecule has 1 aliphatic carbocycles. The van der Waals surface area contributed by atoms with E-state index in [0.29, 0.717) is 11.8 Å². The molecule has 0 N–H and O–H groups in total. The van der Waals surface area contributed by atoms with Gasteiger partial charge in [0.2, 0.25) is 5.91 Å². The number of amides is 1. The maximum Gasteiger partial charge on any atom is 0.225 e. The Bertz CT molecular complexity index is 179. The number of piperidine rings is 1. The van der Waals surface area contributed by atoms with E-state index in [4.69, 9.17) is 0 Å². The molecule has 2 fully saturated rings. The van der Waals surface area contributed by atoms with Gasteiger partial charge in [-0.25, -0.2) is 0 Å². The predicted octanol–water partition coefficient (Wildman–Crippen LogP) is 2.19. The summed E-state index contributed by atoms with van der Waals surface area (Å²) in [5, 5.41) is 0. The molecule has 1 saturated heterocycles. The Morgan fingerprint density at radius 1 is 0.923 bits per heavy atom. The Morgan fingerprint density at radius 3 is 2.15 bits per heavy atom. The van der Waals surface area contributed by atoms with Gasteiger partial charge in [-0.3, -0.25) is 4.79 Å². The molecule has 0 atom stereocenters. The van der Waals surface area contributed by atoms with Crippen LogP contribution >= 0.6 is 0 Å². The second-order valence-corrected chi connectivity index (χ2v) is 4.37. The third-order valence-electron chi connectivity index (χ3n) is 3.37. The third-order valence-corrected chi connectivity index (χ3v) is 3.37. The maximum absolute atomic E-state index is 11.9. The fourth-order valence-electron chi connectivity index (χ4n) is 2.55. The van der Waals surface area contributed by atoms with Gasteiger partial charge in [0.1, 0.15) is 0 Å². The second-order valence-electron chi connectivity index (χ2n) is 4.37. The SMILES string of the molecule is O=C(C1CCCC1)N1CCCCC1. The summed E-state index contributed by atoms with van der Waals surface area (Å²) >= 11 is 0. The molecule has 1 saturated carbocycles. The van der Waals surface area contributed by atoms with Crippen LogP contribution in [0.25, 0.3) is 0 Å². The average molecular weight is 181 g/mol. The minimum Gasteiger partial charge on any atom is -0.342 e. The molecule has 0 aromatic heterocycles. The molecule has 2 nitrogen and oxygen atoms in total. The largest absolute Gasteiger partial charge is 0.342 e. The van der Waals surface area contributed by atoms with Crippen LogP contribution in [0, 0.1) is 5.92 Å². The van der Waals surface area contributed by atoms with E-state index < -0.39 is 0 Å². The lowest BCUT2D eigenvalue weighted by atomic mass is 10.0. The first kappa shape index (κ1) is 9.04. The summed E-state index contributed by atoms with van der Waals surface area (Å²) in [4.78, 5) is 14.0. The van der Waals surface area contributed by atoms with Gasteiger partial charge in [0, 0.05) is 19.0 Å². The molecule has 0 aromatic carbocycles. The third kappa shape index (κ3) is 2.04. The maximum atomic E-state index is 11.9. The van der Waals surface area contributed by atoms with Crippen molar-refractivity contribution in [2.45, 2.75) is 44.9 Å². The van der Waals surface area contributed by atoms with Crippen molar-refractivity contribution < 1.29 is 4.79 Å². The van der Waals surface area contributed by atoms with Crippen LogP contribution in [0.5, 0.6) is 0 Å². The van der Waals surface area contributed by atoms with Crippen LogP contribution in [0.1, 0.15) is 44.9 Å². The summed E-state index contributed by atoms with van der Waals surface area (Å²) in [6.07, 6.45) is 8.59. The van der Waals surface area contributed by atoms with Gasteiger partial charge in [-0.2, -0.15) is 0 Å². The number of rotatable bonds is 1. The highest BCUT2D eigenvalue weighted by molar-refractivity contribution is 5.79. The van der Waals surface area contributed by atoms with E-state index in [9.17, 15) is 4.79 Å².